The lowest BCUT2D eigenvalue weighted by Crippen LogP contribution is -2.25. The van der Waals surface area contributed by atoms with Gasteiger partial charge in [-0.2, -0.15) is 0 Å². The Kier molecular flexibility index (Phi) is 4.71. The Labute approximate surface area is 145 Å². The number of ketones is 1. The zero-order chi connectivity index (χ0) is 17.1. The normalized spacial score (nSPS) is 14.6. The predicted octanol–water partition coefficient (Wildman–Crippen LogP) is 4.27. The molecule has 0 unspecified atom stereocenters. The lowest BCUT2D eigenvalue weighted by molar-refractivity contribution is -0.117. The molecule has 1 aliphatic heterocycles. The molecule has 122 valence electrons. The van der Waals surface area contributed by atoms with Crippen LogP contribution in [0.5, 0.6) is 5.75 Å². The van der Waals surface area contributed by atoms with Crippen LogP contribution < -0.4 is 9.64 Å². The third kappa shape index (κ3) is 2.95. The van der Waals surface area contributed by atoms with Gasteiger partial charge in [-0.1, -0.05) is 43.0 Å². The minimum Gasteiger partial charge on any atom is -0.495 e. The number of benzene rings is 2. The Morgan fingerprint density at radius 3 is 2.58 bits per heavy atom. The summed E-state index contributed by atoms with van der Waals surface area (Å²) in [5.74, 6) is 0.430. The maximum absolute atomic E-state index is 12.6. The van der Waals surface area contributed by atoms with E-state index in [4.69, 9.17) is 4.74 Å². The molecule has 2 aromatic rings. The second kappa shape index (κ2) is 6.93. The molecular formula is C19H17NO3S. The van der Waals surface area contributed by atoms with Crippen molar-refractivity contribution in [3.8, 4) is 5.75 Å². The van der Waals surface area contributed by atoms with E-state index in [1.165, 1.54) is 16.7 Å². The number of rotatable bonds is 4. The van der Waals surface area contributed by atoms with Gasteiger partial charge in [-0.25, -0.2) is 0 Å². The highest BCUT2D eigenvalue weighted by atomic mass is 32.2. The van der Waals surface area contributed by atoms with Crippen LogP contribution in [0.4, 0.5) is 5.69 Å². The van der Waals surface area contributed by atoms with Gasteiger partial charge in [0.25, 0.3) is 0 Å². The molecule has 0 bridgehead atoms. The lowest BCUT2D eigenvalue weighted by Gasteiger charge is -2.21. The van der Waals surface area contributed by atoms with Crippen LogP contribution in [0.3, 0.4) is 0 Å². The third-order valence-corrected chi connectivity index (χ3v) is 4.82. The smallest absolute Gasteiger partial charge is 0.230 e. The topological polar surface area (TPSA) is 46.6 Å². The van der Waals surface area contributed by atoms with Gasteiger partial charge in [0.15, 0.2) is 0 Å². The highest BCUT2D eigenvalue weighted by molar-refractivity contribution is 8.04. The largest absolute Gasteiger partial charge is 0.495 e. The van der Waals surface area contributed by atoms with Crippen molar-refractivity contribution in [2.75, 3.05) is 12.0 Å². The van der Waals surface area contributed by atoms with E-state index in [0.29, 0.717) is 28.3 Å². The van der Waals surface area contributed by atoms with E-state index in [0.717, 1.165) is 4.90 Å². The summed E-state index contributed by atoms with van der Waals surface area (Å²) in [6, 6.07) is 14.7. The van der Waals surface area contributed by atoms with Crippen LogP contribution in [0.1, 0.15) is 23.7 Å². The molecule has 3 rings (SSSR count). The van der Waals surface area contributed by atoms with Gasteiger partial charge in [-0.05, 0) is 24.3 Å². The van der Waals surface area contributed by atoms with Crippen LogP contribution in [0.25, 0.3) is 0 Å². The summed E-state index contributed by atoms with van der Waals surface area (Å²) in [7, 11) is 1.56. The van der Waals surface area contributed by atoms with Crippen molar-refractivity contribution < 1.29 is 14.3 Å². The SMILES string of the molecule is CCC(=O)N(C=C1Sc2ccccc2C1=O)c1ccccc1OC. The molecule has 5 heteroatoms. The summed E-state index contributed by atoms with van der Waals surface area (Å²) >= 11 is 1.39. The van der Waals surface area contributed by atoms with E-state index in [1.807, 2.05) is 30.3 Å². The summed E-state index contributed by atoms with van der Waals surface area (Å²) < 4.78 is 5.36. The molecule has 1 aliphatic rings. The number of anilines is 1. The molecule has 0 radical (unpaired) electrons. The second-order valence-electron chi connectivity index (χ2n) is 5.21. The first-order valence-corrected chi connectivity index (χ1v) is 8.45. The number of Topliss-reactive ketones (excluding diaryl/α,β-unsaturated/α-hetero) is 1. The Bertz CT molecular complexity index is 829. The van der Waals surface area contributed by atoms with E-state index in [1.54, 1.807) is 38.4 Å². The summed E-state index contributed by atoms with van der Waals surface area (Å²) in [6.07, 6.45) is 1.95. The number of hydrogen-bond acceptors (Lipinski definition) is 4. The van der Waals surface area contributed by atoms with Crippen molar-refractivity contribution in [2.24, 2.45) is 0 Å². The molecule has 0 saturated heterocycles. The molecule has 0 aliphatic carbocycles. The first kappa shape index (κ1) is 16.3. The van der Waals surface area contributed by atoms with Gasteiger partial charge in [-0.3, -0.25) is 14.5 Å². The van der Waals surface area contributed by atoms with E-state index in [9.17, 15) is 9.59 Å². The van der Waals surface area contributed by atoms with Gasteiger partial charge < -0.3 is 4.74 Å². The Morgan fingerprint density at radius 1 is 1.17 bits per heavy atom. The summed E-state index contributed by atoms with van der Waals surface area (Å²) in [5, 5.41) is 0. The monoisotopic (exact) mass is 339 g/mol. The zero-order valence-electron chi connectivity index (χ0n) is 13.5. The number of methoxy groups -OCH3 is 1. The average Bonchev–Trinajstić information content (AvgIpc) is 2.95. The average molecular weight is 339 g/mol. The van der Waals surface area contributed by atoms with Crippen LogP contribution in [0, 0.1) is 0 Å². The first-order valence-electron chi connectivity index (χ1n) is 7.64. The number of hydrogen-bond donors (Lipinski definition) is 0. The number of thioether (sulfide) groups is 1. The number of fused-ring (bicyclic) bond motifs is 1. The third-order valence-electron chi connectivity index (χ3n) is 3.74. The van der Waals surface area contributed by atoms with Crippen molar-refractivity contribution in [1.82, 2.24) is 0 Å². The fraction of sp³-hybridized carbons (Fsp3) is 0.158. The molecule has 0 aromatic heterocycles. The van der Waals surface area contributed by atoms with Gasteiger partial charge >= 0.3 is 0 Å². The first-order chi connectivity index (χ1) is 11.7. The summed E-state index contributed by atoms with van der Waals surface area (Å²) in [6.45, 7) is 1.79. The maximum atomic E-state index is 12.6. The van der Waals surface area contributed by atoms with Crippen LogP contribution in [-0.4, -0.2) is 18.8 Å². The van der Waals surface area contributed by atoms with Gasteiger partial charge in [-0.15, -0.1) is 0 Å². The Hall–Kier alpha value is -2.53. The van der Waals surface area contributed by atoms with Crippen molar-refractivity contribution in [3.63, 3.8) is 0 Å². The Balaban J connectivity index is 2.03. The van der Waals surface area contributed by atoms with Crippen LogP contribution in [0.2, 0.25) is 0 Å². The predicted molar refractivity (Wildman–Crippen MR) is 95.5 cm³/mol. The van der Waals surface area contributed by atoms with E-state index in [2.05, 4.69) is 0 Å². The van der Waals surface area contributed by atoms with Crippen LogP contribution in [-0.2, 0) is 4.79 Å². The van der Waals surface area contributed by atoms with Crippen LogP contribution in [0.15, 0.2) is 64.5 Å². The van der Waals surface area contributed by atoms with Crippen molar-refractivity contribution >= 4 is 29.1 Å². The van der Waals surface area contributed by atoms with E-state index < -0.39 is 0 Å². The molecular weight excluding hydrogens is 322 g/mol. The lowest BCUT2D eigenvalue weighted by atomic mass is 10.1. The molecule has 0 fully saturated rings. The number of amides is 1. The number of carbonyl (C=O) groups excluding carboxylic acids is 2. The molecule has 2 aromatic carbocycles. The molecule has 1 heterocycles. The van der Waals surface area contributed by atoms with E-state index >= 15 is 0 Å². The standard InChI is InChI=1S/C19H17NO3S/c1-3-18(21)20(14-9-5-6-10-15(14)23-2)12-17-19(22)13-8-4-7-11-16(13)24-17/h4-12H,3H2,1-2H3. The van der Waals surface area contributed by atoms with Crippen LogP contribution >= 0.6 is 11.8 Å². The maximum Gasteiger partial charge on any atom is 0.230 e. The van der Waals surface area contributed by atoms with Gasteiger partial charge in [0, 0.05) is 23.1 Å². The minimum atomic E-state index is -0.101. The van der Waals surface area contributed by atoms with Crippen molar-refractivity contribution in [1.29, 1.82) is 0 Å². The van der Waals surface area contributed by atoms with Gasteiger partial charge in [0.2, 0.25) is 11.7 Å². The number of ether oxygens (including phenoxy) is 1. The molecule has 0 atom stereocenters. The quantitative estimate of drug-likeness (QED) is 0.781. The summed E-state index contributed by atoms with van der Waals surface area (Å²) in [5.41, 5.74) is 1.31. The fourth-order valence-corrected chi connectivity index (χ4v) is 3.53. The number of nitrogens with zero attached hydrogens (tertiary/aromatic N) is 1. The Morgan fingerprint density at radius 2 is 1.88 bits per heavy atom. The number of allylic oxidation sites excluding steroid dienone is 1. The highest BCUT2D eigenvalue weighted by Crippen LogP contribution is 2.40. The molecule has 24 heavy (non-hydrogen) atoms. The minimum absolute atomic E-state index is 0.0561. The van der Waals surface area contributed by atoms with E-state index in [-0.39, 0.29) is 11.7 Å². The number of para-hydroxylation sites is 2. The zero-order valence-corrected chi connectivity index (χ0v) is 14.3. The highest BCUT2D eigenvalue weighted by Gasteiger charge is 2.27. The molecule has 4 nitrogen and oxygen atoms in total. The molecule has 0 N–H and O–H groups in total. The second-order valence-corrected chi connectivity index (χ2v) is 6.29. The molecule has 0 saturated carbocycles. The van der Waals surface area contributed by atoms with Gasteiger partial charge in [0.05, 0.1) is 17.7 Å². The van der Waals surface area contributed by atoms with Crippen molar-refractivity contribution in [3.05, 3.63) is 65.2 Å². The summed E-state index contributed by atoms with van der Waals surface area (Å²) in [4.78, 5) is 28.0. The number of carbonyl (C=O) groups is 2. The van der Waals surface area contributed by atoms with Crippen molar-refractivity contribution in [2.45, 2.75) is 18.2 Å². The molecule has 1 amide bonds. The fourth-order valence-electron chi connectivity index (χ4n) is 2.52. The molecule has 0 spiro atoms. The van der Waals surface area contributed by atoms with Gasteiger partial charge in [0.1, 0.15) is 5.75 Å².